The SMILES string of the molecule is OCC1O[C@H](OCC2O[C@@H](O[C@]3(CO)O[C@H](CO)[C@@H](O)C3O)C(O)C(O)[C@@H]2O)C(O)C(O)[C@H]1O. The molecule has 16 heteroatoms. The largest absolute Gasteiger partial charge is 0.394 e. The Labute approximate surface area is 192 Å². The van der Waals surface area contributed by atoms with Crippen molar-refractivity contribution in [2.24, 2.45) is 0 Å². The van der Waals surface area contributed by atoms with E-state index in [1.807, 2.05) is 0 Å². The summed E-state index contributed by atoms with van der Waals surface area (Å²) in [4.78, 5) is 0. The summed E-state index contributed by atoms with van der Waals surface area (Å²) in [6.45, 7) is -3.14. The molecule has 0 aromatic rings. The molecule has 11 N–H and O–H groups in total. The zero-order chi connectivity index (χ0) is 25.4. The van der Waals surface area contributed by atoms with Gasteiger partial charge in [0.15, 0.2) is 12.6 Å². The van der Waals surface area contributed by atoms with Crippen molar-refractivity contribution in [3.8, 4) is 0 Å². The Morgan fingerprint density at radius 1 is 0.588 bits per heavy atom. The zero-order valence-electron chi connectivity index (χ0n) is 17.8. The van der Waals surface area contributed by atoms with E-state index in [1.165, 1.54) is 0 Å². The molecule has 0 saturated carbocycles. The Morgan fingerprint density at radius 2 is 1.12 bits per heavy atom. The van der Waals surface area contributed by atoms with E-state index in [-0.39, 0.29) is 0 Å². The van der Waals surface area contributed by atoms with Crippen LogP contribution in [-0.4, -0.2) is 168 Å². The fourth-order valence-electron chi connectivity index (χ4n) is 4.01. The molecule has 14 atom stereocenters. The first-order valence-electron chi connectivity index (χ1n) is 10.6. The molecule has 3 heterocycles. The third-order valence-electron chi connectivity index (χ3n) is 6.16. The summed E-state index contributed by atoms with van der Waals surface area (Å²) in [5.74, 6) is -2.36. The van der Waals surface area contributed by atoms with Crippen LogP contribution in [0.1, 0.15) is 0 Å². The maximum Gasteiger partial charge on any atom is 0.224 e. The van der Waals surface area contributed by atoms with Gasteiger partial charge in [-0.25, -0.2) is 0 Å². The van der Waals surface area contributed by atoms with Crippen molar-refractivity contribution in [1.29, 1.82) is 0 Å². The molecule has 16 nitrogen and oxygen atoms in total. The van der Waals surface area contributed by atoms with E-state index >= 15 is 0 Å². The van der Waals surface area contributed by atoms with Gasteiger partial charge in [0.1, 0.15) is 73.8 Å². The minimum Gasteiger partial charge on any atom is -0.394 e. The Kier molecular flexibility index (Phi) is 9.18. The summed E-state index contributed by atoms with van der Waals surface area (Å²) < 4.78 is 26.4. The summed E-state index contributed by atoms with van der Waals surface area (Å²) in [6.07, 6.45) is -21.8. The van der Waals surface area contributed by atoms with Gasteiger partial charge in [0, 0.05) is 0 Å². The molecule has 3 fully saturated rings. The van der Waals surface area contributed by atoms with Crippen LogP contribution in [0, 0.1) is 0 Å². The standard InChI is InChI=1S/C18H32O16/c19-1-5-8(22)11(25)13(27)16(31-5)30-3-7-9(23)12(26)14(28)17(32-7)34-18(4-21)15(29)10(24)6(2-20)33-18/h5-17,19-29H,1-4H2/t5?,6-,7?,8+,9-,10-,11?,12?,13?,14?,15?,16+,17+,18+/m1/s1. The van der Waals surface area contributed by atoms with Crippen molar-refractivity contribution >= 4 is 0 Å². The fourth-order valence-corrected chi connectivity index (χ4v) is 4.01. The number of hydrogen-bond acceptors (Lipinski definition) is 16. The van der Waals surface area contributed by atoms with Crippen LogP contribution >= 0.6 is 0 Å². The maximum atomic E-state index is 10.3. The second-order valence-corrected chi connectivity index (χ2v) is 8.41. The molecule has 7 unspecified atom stereocenters. The lowest BCUT2D eigenvalue weighted by atomic mass is 9.98. The minimum atomic E-state index is -2.36. The summed E-state index contributed by atoms with van der Waals surface area (Å²) in [5.41, 5.74) is 0. The quantitative estimate of drug-likeness (QED) is 0.146. The van der Waals surface area contributed by atoms with Crippen LogP contribution in [-0.2, 0) is 23.7 Å². The van der Waals surface area contributed by atoms with Crippen molar-refractivity contribution in [3.05, 3.63) is 0 Å². The smallest absolute Gasteiger partial charge is 0.224 e. The highest BCUT2D eigenvalue weighted by Crippen LogP contribution is 2.36. The van der Waals surface area contributed by atoms with Gasteiger partial charge in [0.05, 0.1) is 19.8 Å². The molecule has 0 aromatic heterocycles. The molecule has 0 aromatic carbocycles. The first-order valence-corrected chi connectivity index (χ1v) is 10.6. The van der Waals surface area contributed by atoms with Gasteiger partial charge in [0.25, 0.3) is 0 Å². The zero-order valence-corrected chi connectivity index (χ0v) is 17.8. The van der Waals surface area contributed by atoms with E-state index in [1.54, 1.807) is 0 Å². The predicted molar refractivity (Wildman–Crippen MR) is 101 cm³/mol. The summed E-state index contributed by atoms with van der Waals surface area (Å²) >= 11 is 0. The average Bonchev–Trinajstić information content (AvgIpc) is 3.08. The fraction of sp³-hybridized carbons (Fsp3) is 1.00. The molecule has 3 aliphatic heterocycles. The lowest BCUT2D eigenvalue weighted by Gasteiger charge is -2.44. The van der Waals surface area contributed by atoms with Crippen molar-refractivity contribution in [2.75, 3.05) is 26.4 Å². The Bertz CT molecular complexity index is 653. The number of rotatable bonds is 8. The second-order valence-electron chi connectivity index (χ2n) is 8.41. The molecule has 3 aliphatic rings. The molecule has 3 saturated heterocycles. The molecule has 34 heavy (non-hydrogen) atoms. The number of aliphatic hydroxyl groups excluding tert-OH is 11. The minimum absolute atomic E-state index is 0.634. The lowest BCUT2D eigenvalue weighted by molar-refractivity contribution is -0.388. The van der Waals surface area contributed by atoms with Gasteiger partial charge in [-0.15, -0.1) is 0 Å². The Morgan fingerprint density at radius 3 is 1.65 bits per heavy atom. The van der Waals surface area contributed by atoms with E-state index in [2.05, 4.69) is 0 Å². The van der Waals surface area contributed by atoms with Crippen LogP contribution in [0.5, 0.6) is 0 Å². The van der Waals surface area contributed by atoms with E-state index in [0.717, 1.165) is 0 Å². The van der Waals surface area contributed by atoms with Gasteiger partial charge >= 0.3 is 0 Å². The van der Waals surface area contributed by atoms with Gasteiger partial charge in [0.2, 0.25) is 5.79 Å². The normalized spacial score (nSPS) is 52.1. The monoisotopic (exact) mass is 504 g/mol. The van der Waals surface area contributed by atoms with Crippen LogP contribution < -0.4 is 0 Å². The molecule has 200 valence electrons. The van der Waals surface area contributed by atoms with Gasteiger partial charge in [-0.05, 0) is 0 Å². The molecular weight excluding hydrogens is 472 g/mol. The number of aliphatic hydroxyl groups is 11. The summed E-state index contributed by atoms with van der Waals surface area (Å²) in [6, 6.07) is 0. The van der Waals surface area contributed by atoms with E-state index in [0.29, 0.717) is 0 Å². The average molecular weight is 504 g/mol. The molecule has 0 aliphatic carbocycles. The van der Waals surface area contributed by atoms with Gasteiger partial charge in [-0.1, -0.05) is 0 Å². The molecule has 0 bridgehead atoms. The Hall–Kier alpha value is -0.640. The van der Waals surface area contributed by atoms with Crippen LogP contribution in [0.4, 0.5) is 0 Å². The van der Waals surface area contributed by atoms with Crippen molar-refractivity contribution in [3.63, 3.8) is 0 Å². The van der Waals surface area contributed by atoms with Crippen LogP contribution in [0.3, 0.4) is 0 Å². The van der Waals surface area contributed by atoms with Gasteiger partial charge in [-0.2, -0.15) is 0 Å². The van der Waals surface area contributed by atoms with Gasteiger partial charge < -0.3 is 79.9 Å². The highest BCUT2D eigenvalue weighted by Gasteiger charge is 2.58. The molecular formula is C18H32O16. The Balaban J connectivity index is 1.69. The maximum absolute atomic E-state index is 10.3. The van der Waals surface area contributed by atoms with Crippen molar-refractivity contribution in [1.82, 2.24) is 0 Å². The van der Waals surface area contributed by atoms with E-state index < -0.39 is 112 Å². The molecule has 0 radical (unpaired) electrons. The van der Waals surface area contributed by atoms with E-state index in [9.17, 15) is 56.2 Å². The summed E-state index contributed by atoms with van der Waals surface area (Å²) in [7, 11) is 0. The lowest BCUT2D eigenvalue weighted by Crippen LogP contribution is -2.63. The first-order chi connectivity index (χ1) is 16.0. The topological polar surface area (TPSA) is 269 Å². The number of ether oxygens (including phenoxy) is 5. The van der Waals surface area contributed by atoms with Gasteiger partial charge in [-0.3, -0.25) is 0 Å². The third-order valence-corrected chi connectivity index (χ3v) is 6.16. The summed E-state index contributed by atoms with van der Waals surface area (Å²) in [5, 5.41) is 109. The molecule has 3 rings (SSSR count). The van der Waals surface area contributed by atoms with Crippen molar-refractivity contribution in [2.45, 2.75) is 85.5 Å². The highest BCUT2D eigenvalue weighted by atomic mass is 16.8. The van der Waals surface area contributed by atoms with Crippen LogP contribution in [0.15, 0.2) is 0 Å². The molecule has 0 amide bonds. The van der Waals surface area contributed by atoms with Crippen molar-refractivity contribution < 1.29 is 79.9 Å². The first kappa shape index (κ1) is 27.9. The van der Waals surface area contributed by atoms with Crippen LogP contribution in [0.2, 0.25) is 0 Å². The second kappa shape index (κ2) is 11.2. The van der Waals surface area contributed by atoms with E-state index in [4.69, 9.17) is 23.7 Å². The predicted octanol–water partition coefficient (Wildman–Crippen LogP) is -7.57. The third kappa shape index (κ3) is 5.09. The van der Waals surface area contributed by atoms with Crippen LogP contribution in [0.25, 0.3) is 0 Å². The highest BCUT2D eigenvalue weighted by molar-refractivity contribution is 4.98. The molecule has 0 spiro atoms. The number of hydrogen-bond donors (Lipinski definition) is 11.